The second-order valence-corrected chi connectivity index (χ2v) is 6.04. The van der Waals surface area contributed by atoms with E-state index < -0.39 is 0 Å². The number of ketones is 2. The maximum absolute atomic E-state index is 12.7. The fourth-order valence-electron chi connectivity index (χ4n) is 2.88. The minimum absolute atomic E-state index is 0.0147. The Morgan fingerprint density at radius 3 is 1.64 bits per heavy atom. The number of rotatable bonds is 7. The zero-order chi connectivity index (χ0) is 17.5. The van der Waals surface area contributed by atoms with E-state index in [1.807, 2.05) is 72.8 Å². The smallest absolute Gasteiger partial charge is 0.167 e. The molecule has 0 aliphatic heterocycles. The lowest BCUT2D eigenvalue weighted by molar-refractivity contribution is 0.0954. The Bertz CT molecular complexity index is 852. The van der Waals surface area contributed by atoms with Gasteiger partial charge in [0.25, 0.3) is 0 Å². The summed E-state index contributed by atoms with van der Waals surface area (Å²) in [6, 6.07) is 26.7. The number of carbonyl (C=O) groups excluding carboxylic acids is 2. The molecule has 0 amide bonds. The van der Waals surface area contributed by atoms with Crippen molar-refractivity contribution in [3.63, 3.8) is 0 Å². The highest BCUT2D eigenvalue weighted by Crippen LogP contribution is 2.16. The van der Waals surface area contributed by atoms with E-state index in [2.05, 4.69) is 0 Å². The molecule has 2 heteroatoms. The van der Waals surface area contributed by atoms with Crippen LogP contribution in [0, 0.1) is 0 Å². The van der Waals surface area contributed by atoms with Gasteiger partial charge in [0.05, 0.1) is 0 Å². The van der Waals surface area contributed by atoms with Gasteiger partial charge in [0.2, 0.25) is 0 Å². The van der Waals surface area contributed by atoms with Gasteiger partial charge in [-0.3, -0.25) is 9.59 Å². The third kappa shape index (κ3) is 4.51. The van der Waals surface area contributed by atoms with Crippen LogP contribution in [0.4, 0.5) is 0 Å². The molecule has 124 valence electrons. The van der Waals surface area contributed by atoms with Gasteiger partial charge in [-0.15, -0.1) is 0 Å². The first-order valence-corrected chi connectivity index (χ1v) is 8.47. The quantitative estimate of drug-likeness (QED) is 0.576. The van der Waals surface area contributed by atoms with Crippen molar-refractivity contribution in [3.8, 4) is 0 Å². The van der Waals surface area contributed by atoms with Gasteiger partial charge in [0.15, 0.2) is 11.6 Å². The molecule has 0 unspecified atom stereocenters. The molecular weight excluding hydrogens is 308 g/mol. The van der Waals surface area contributed by atoms with E-state index in [1.165, 1.54) is 0 Å². The molecule has 0 saturated carbocycles. The molecule has 0 N–H and O–H groups in total. The molecule has 0 spiro atoms. The minimum Gasteiger partial charge on any atom is -0.294 e. The molecule has 3 rings (SSSR count). The van der Waals surface area contributed by atoms with Crippen LogP contribution in [-0.2, 0) is 12.8 Å². The van der Waals surface area contributed by atoms with Gasteiger partial charge in [0.1, 0.15) is 0 Å². The van der Waals surface area contributed by atoms with Crippen molar-refractivity contribution in [2.24, 2.45) is 0 Å². The van der Waals surface area contributed by atoms with E-state index >= 15 is 0 Å². The van der Waals surface area contributed by atoms with E-state index in [9.17, 15) is 9.59 Å². The highest BCUT2D eigenvalue weighted by Gasteiger charge is 2.16. The van der Waals surface area contributed by atoms with Crippen LogP contribution in [0.2, 0.25) is 0 Å². The van der Waals surface area contributed by atoms with E-state index in [0.29, 0.717) is 30.4 Å². The monoisotopic (exact) mass is 328 g/mol. The lowest BCUT2D eigenvalue weighted by Crippen LogP contribution is -2.11. The molecule has 0 heterocycles. The summed E-state index contributed by atoms with van der Waals surface area (Å²) in [5.41, 5.74) is 3.13. The molecule has 3 aromatic rings. The van der Waals surface area contributed by atoms with Gasteiger partial charge >= 0.3 is 0 Å². The lowest BCUT2D eigenvalue weighted by atomic mass is 9.94. The van der Waals surface area contributed by atoms with E-state index in [4.69, 9.17) is 0 Å². The summed E-state index contributed by atoms with van der Waals surface area (Å²) in [7, 11) is 0. The largest absolute Gasteiger partial charge is 0.294 e. The molecule has 0 radical (unpaired) electrons. The Balaban J connectivity index is 1.73. The topological polar surface area (TPSA) is 34.1 Å². The molecule has 0 aliphatic carbocycles. The second-order valence-electron chi connectivity index (χ2n) is 6.04. The predicted molar refractivity (Wildman–Crippen MR) is 100 cm³/mol. The summed E-state index contributed by atoms with van der Waals surface area (Å²) in [5.74, 6) is -0.00396. The van der Waals surface area contributed by atoms with E-state index in [0.717, 1.165) is 11.1 Å². The number of Topliss-reactive ketones (excluding diaryl/α,β-unsaturated/α-hetero) is 2. The van der Waals surface area contributed by atoms with Crippen molar-refractivity contribution in [2.75, 3.05) is 0 Å². The first-order chi connectivity index (χ1) is 12.2. The fourth-order valence-corrected chi connectivity index (χ4v) is 2.88. The van der Waals surface area contributed by atoms with Crippen molar-refractivity contribution in [2.45, 2.75) is 19.3 Å². The van der Waals surface area contributed by atoms with Gasteiger partial charge in [-0.2, -0.15) is 0 Å². The molecular formula is C23H20O2. The van der Waals surface area contributed by atoms with Crippen molar-refractivity contribution in [3.05, 3.63) is 107 Å². The molecule has 0 bridgehead atoms. The normalized spacial score (nSPS) is 10.4. The third-order valence-electron chi connectivity index (χ3n) is 4.22. The van der Waals surface area contributed by atoms with E-state index in [1.54, 1.807) is 12.1 Å². The van der Waals surface area contributed by atoms with Crippen LogP contribution in [0.5, 0.6) is 0 Å². The predicted octanol–water partition coefficient (Wildman–Crippen LogP) is 4.93. The Morgan fingerprint density at radius 1 is 0.560 bits per heavy atom. The fraction of sp³-hybridized carbons (Fsp3) is 0.130. The van der Waals surface area contributed by atoms with Crippen LogP contribution in [0.15, 0.2) is 84.9 Å². The van der Waals surface area contributed by atoms with Crippen molar-refractivity contribution in [1.82, 2.24) is 0 Å². The molecule has 3 aromatic carbocycles. The highest BCUT2D eigenvalue weighted by atomic mass is 16.1. The molecule has 25 heavy (non-hydrogen) atoms. The summed E-state index contributed by atoms with van der Waals surface area (Å²) in [6.45, 7) is 0. The van der Waals surface area contributed by atoms with Gasteiger partial charge < -0.3 is 0 Å². The second kappa shape index (κ2) is 8.20. The number of benzene rings is 3. The lowest BCUT2D eigenvalue weighted by Gasteiger charge is -2.08. The zero-order valence-corrected chi connectivity index (χ0v) is 14.0. The summed E-state index contributed by atoms with van der Waals surface area (Å²) < 4.78 is 0. The van der Waals surface area contributed by atoms with Crippen LogP contribution in [0.1, 0.15) is 38.3 Å². The van der Waals surface area contributed by atoms with E-state index in [-0.39, 0.29) is 11.6 Å². The Kier molecular flexibility index (Phi) is 5.53. The molecule has 0 atom stereocenters. The summed E-state index contributed by atoms with van der Waals surface area (Å²) in [5, 5.41) is 0. The van der Waals surface area contributed by atoms with Gasteiger partial charge in [-0.05, 0) is 17.5 Å². The van der Waals surface area contributed by atoms with Gasteiger partial charge in [-0.25, -0.2) is 0 Å². The average Bonchev–Trinajstić information content (AvgIpc) is 2.67. The van der Waals surface area contributed by atoms with Crippen LogP contribution in [0.3, 0.4) is 0 Å². The number of aryl methyl sites for hydroxylation is 1. The standard InChI is InChI=1S/C23H20O2/c24-22(16-15-18-9-3-1-4-10-18)20-13-7-8-14-21(20)23(25)17-19-11-5-2-6-12-19/h1-14H,15-17H2. The number of carbonyl (C=O) groups is 2. The van der Waals surface area contributed by atoms with Gasteiger partial charge in [0, 0.05) is 24.0 Å². The number of hydrogen-bond acceptors (Lipinski definition) is 2. The highest BCUT2D eigenvalue weighted by molar-refractivity contribution is 6.09. The number of hydrogen-bond donors (Lipinski definition) is 0. The van der Waals surface area contributed by atoms with Crippen LogP contribution >= 0.6 is 0 Å². The Hall–Kier alpha value is -3.00. The summed E-state index contributed by atoms with van der Waals surface area (Å²) >= 11 is 0. The molecule has 2 nitrogen and oxygen atoms in total. The van der Waals surface area contributed by atoms with Gasteiger partial charge in [-0.1, -0.05) is 84.9 Å². The van der Waals surface area contributed by atoms with Crippen LogP contribution in [0.25, 0.3) is 0 Å². The molecule has 0 aromatic heterocycles. The molecule has 0 saturated heterocycles. The maximum atomic E-state index is 12.7. The summed E-state index contributed by atoms with van der Waals surface area (Å²) in [6.07, 6.45) is 1.39. The molecule has 0 fully saturated rings. The SMILES string of the molecule is O=C(CCc1ccccc1)c1ccccc1C(=O)Cc1ccccc1. The Labute approximate surface area is 148 Å². The molecule has 0 aliphatic rings. The first-order valence-electron chi connectivity index (χ1n) is 8.47. The van der Waals surface area contributed by atoms with Crippen molar-refractivity contribution >= 4 is 11.6 Å². The van der Waals surface area contributed by atoms with Crippen LogP contribution < -0.4 is 0 Å². The van der Waals surface area contributed by atoms with Crippen LogP contribution in [-0.4, -0.2) is 11.6 Å². The third-order valence-corrected chi connectivity index (χ3v) is 4.22. The average molecular weight is 328 g/mol. The van der Waals surface area contributed by atoms with Crippen molar-refractivity contribution in [1.29, 1.82) is 0 Å². The maximum Gasteiger partial charge on any atom is 0.167 e. The zero-order valence-electron chi connectivity index (χ0n) is 14.0. The first kappa shape index (κ1) is 16.8. The minimum atomic E-state index is -0.0186. The van der Waals surface area contributed by atoms with Crippen molar-refractivity contribution < 1.29 is 9.59 Å². The Morgan fingerprint density at radius 2 is 1.04 bits per heavy atom. The summed E-state index contributed by atoms with van der Waals surface area (Å²) in [4.78, 5) is 25.3.